The maximum Gasteiger partial charge on any atom is 0.277 e. The first kappa shape index (κ1) is 20.9. The Morgan fingerprint density at radius 3 is 2.24 bits per heavy atom. The van der Waals surface area contributed by atoms with E-state index in [0.29, 0.717) is 17.4 Å². The first-order valence-corrected chi connectivity index (χ1v) is 9.93. The Morgan fingerprint density at radius 1 is 0.931 bits per heavy atom. The van der Waals surface area contributed by atoms with E-state index in [1.807, 2.05) is 60.7 Å². The van der Waals surface area contributed by atoms with Crippen LogP contribution in [-0.4, -0.2) is 18.7 Å². The highest BCUT2D eigenvalue weighted by Crippen LogP contribution is 2.16. The Bertz CT molecular complexity index is 959. The van der Waals surface area contributed by atoms with Crippen LogP contribution in [0.15, 0.2) is 82.4 Å². The summed E-state index contributed by atoms with van der Waals surface area (Å²) in [6.45, 7) is 0.343. The molecule has 1 N–H and O–H groups in total. The van der Waals surface area contributed by atoms with Gasteiger partial charge in [0, 0.05) is 9.50 Å². The molecule has 0 atom stereocenters. The van der Waals surface area contributed by atoms with Crippen LogP contribution in [0.2, 0.25) is 5.02 Å². The molecule has 5 nitrogen and oxygen atoms in total. The Balaban J connectivity index is 1.41. The first-order chi connectivity index (χ1) is 14.1. The number of amides is 1. The number of hydrazone groups is 1. The summed E-state index contributed by atoms with van der Waals surface area (Å²) in [6.07, 6.45) is 1.56. The van der Waals surface area contributed by atoms with Crippen LogP contribution in [-0.2, 0) is 11.4 Å². The monoisotopic (exact) mass is 472 g/mol. The van der Waals surface area contributed by atoms with Gasteiger partial charge in [0.1, 0.15) is 18.1 Å². The van der Waals surface area contributed by atoms with E-state index in [1.165, 1.54) is 0 Å². The van der Waals surface area contributed by atoms with Crippen molar-refractivity contribution in [3.05, 3.63) is 93.4 Å². The van der Waals surface area contributed by atoms with Crippen molar-refractivity contribution in [1.82, 2.24) is 5.43 Å². The normalized spacial score (nSPS) is 10.7. The van der Waals surface area contributed by atoms with E-state index in [0.717, 1.165) is 21.3 Å². The maximum atomic E-state index is 11.8. The lowest BCUT2D eigenvalue weighted by molar-refractivity contribution is -0.123. The molecule has 148 valence electrons. The van der Waals surface area contributed by atoms with Crippen molar-refractivity contribution in [2.24, 2.45) is 5.10 Å². The molecule has 7 heteroatoms. The van der Waals surface area contributed by atoms with Crippen molar-refractivity contribution in [2.45, 2.75) is 6.61 Å². The summed E-state index contributed by atoms with van der Waals surface area (Å²) in [5, 5.41) is 4.63. The van der Waals surface area contributed by atoms with Gasteiger partial charge in [-0.15, -0.1) is 0 Å². The van der Waals surface area contributed by atoms with E-state index in [4.69, 9.17) is 21.1 Å². The van der Waals surface area contributed by atoms with Crippen LogP contribution < -0.4 is 14.9 Å². The molecule has 0 saturated carbocycles. The SMILES string of the molecule is O=C(COc1ccc(Br)cc1)N/N=C/c1ccc(OCc2ccc(Cl)cc2)cc1. The van der Waals surface area contributed by atoms with E-state index in [2.05, 4.69) is 26.5 Å². The molecule has 0 aliphatic rings. The molecule has 3 rings (SSSR count). The number of carbonyl (C=O) groups is 1. The predicted octanol–water partition coefficient (Wildman–Crippen LogP) is 5.21. The Labute approximate surface area is 182 Å². The summed E-state index contributed by atoms with van der Waals surface area (Å²) in [7, 11) is 0. The van der Waals surface area contributed by atoms with Crippen LogP contribution in [0.3, 0.4) is 0 Å². The fourth-order valence-corrected chi connectivity index (χ4v) is 2.68. The number of carbonyl (C=O) groups excluding carboxylic acids is 1. The van der Waals surface area contributed by atoms with Crippen LogP contribution in [0, 0.1) is 0 Å². The second kappa shape index (κ2) is 10.6. The molecule has 29 heavy (non-hydrogen) atoms. The van der Waals surface area contributed by atoms with Crippen molar-refractivity contribution in [3.8, 4) is 11.5 Å². The molecule has 1 amide bonds. The average molecular weight is 474 g/mol. The Morgan fingerprint density at radius 2 is 1.55 bits per heavy atom. The third kappa shape index (κ3) is 7.25. The van der Waals surface area contributed by atoms with Crippen LogP contribution in [0.1, 0.15) is 11.1 Å². The van der Waals surface area contributed by atoms with Gasteiger partial charge in [-0.1, -0.05) is 39.7 Å². The molecule has 0 aliphatic heterocycles. The molecule has 3 aromatic carbocycles. The van der Waals surface area contributed by atoms with Crippen LogP contribution in [0.4, 0.5) is 0 Å². The molecule has 0 bridgehead atoms. The van der Waals surface area contributed by atoms with Crippen LogP contribution in [0.5, 0.6) is 11.5 Å². The third-order valence-corrected chi connectivity index (χ3v) is 4.57. The van der Waals surface area contributed by atoms with Crippen molar-refractivity contribution in [2.75, 3.05) is 6.61 Å². The predicted molar refractivity (Wildman–Crippen MR) is 118 cm³/mol. The van der Waals surface area contributed by atoms with Crippen molar-refractivity contribution in [1.29, 1.82) is 0 Å². The Hall–Kier alpha value is -2.83. The Kier molecular flexibility index (Phi) is 7.67. The van der Waals surface area contributed by atoms with E-state index in [-0.39, 0.29) is 12.5 Å². The second-order valence-corrected chi connectivity index (χ2v) is 7.37. The van der Waals surface area contributed by atoms with Crippen molar-refractivity contribution >= 4 is 39.7 Å². The molecule has 0 saturated heterocycles. The van der Waals surface area contributed by atoms with Crippen molar-refractivity contribution < 1.29 is 14.3 Å². The zero-order valence-corrected chi connectivity index (χ0v) is 17.7. The number of hydrogen-bond donors (Lipinski definition) is 1. The second-order valence-electron chi connectivity index (χ2n) is 6.02. The fourth-order valence-electron chi connectivity index (χ4n) is 2.29. The minimum Gasteiger partial charge on any atom is -0.489 e. The minimum absolute atomic E-state index is 0.115. The van der Waals surface area contributed by atoms with Gasteiger partial charge < -0.3 is 9.47 Å². The van der Waals surface area contributed by atoms with Crippen LogP contribution in [0.25, 0.3) is 0 Å². The zero-order chi connectivity index (χ0) is 20.5. The largest absolute Gasteiger partial charge is 0.489 e. The highest BCUT2D eigenvalue weighted by Gasteiger charge is 2.01. The first-order valence-electron chi connectivity index (χ1n) is 8.76. The lowest BCUT2D eigenvalue weighted by Crippen LogP contribution is -2.24. The number of nitrogens with one attached hydrogen (secondary N) is 1. The van der Waals surface area contributed by atoms with E-state index >= 15 is 0 Å². The van der Waals surface area contributed by atoms with Gasteiger partial charge in [-0.05, 0) is 71.8 Å². The number of rotatable bonds is 8. The molecule has 0 aromatic heterocycles. The third-order valence-electron chi connectivity index (χ3n) is 3.79. The lowest BCUT2D eigenvalue weighted by atomic mass is 10.2. The zero-order valence-electron chi connectivity index (χ0n) is 15.3. The molecule has 0 fully saturated rings. The summed E-state index contributed by atoms with van der Waals surface area (Å²) < 4.78 is 12.1. The maximum absolute atomic E-state index is 11.8. The number of hydrogen-bond acceptors (Lipinski definition) is 4. The molecule has 0 heterocycles. The molecular weight excluding hydrogens is 456 g/mol. The fraction of sp³-hybridized carbons (Fsp3) is 0.0909. The average Bonchev–Trinajstić information content (AvgIpc) is 2.74. The smallest absolute Gasteiger partial charge is 0.277 e. The number of ether oxygens (including phenoxy) is 2. The quantitative estimate of drug-likeness (QED) is 0.361. The van der Waals surface area contributed by atoms with Gasteiger partial charge in [0.05, 0.1) is 6.21 Å². The highest BCUT2D eigenvalue weighted by molar-refractivity contribution is 9.10. The molecule has 0 spiro atoms. The highest BCUT2D eigenvalue weighted by atomic mass is 79.9. The standard InChI is InChI=1S/C22H18BrClN2O3/c23-18-5-11-21(12-6-18)29-15-22(27)26-25-13-16-3-9-20(10-4-16)28-14-17-1-7-19(24)8-2-17/h1-13H,14-15H2,(H,26,27)/b25-13+. The van der Waals surface area contributed by atoms with Gasteiger partial charge in [0.2, 0.25) is 0 Å². The van der Waals surface area contributed by atoms with Gasteiger partial charge in [-0.3, -0.25) is 4.79 Å². The molecule has 0 aliphatic carbocycles. The molecule has 3 aromatic rings. The van der Waals surface area contributed by atoms with Gasteiger partial charge >= 0.3 is 0 Å². The van der Waals surface area contributed by atoms with Crippen LogP contribution >= 0.6 is 27.5 Å². The van der Waals surface area contributed by atoms with Gasteiger partial charge in [0.25, 0.3) is 5.91 Å². The summed E-state index contributed by atoms with van der Waals surface area (Å²) in [6, 6.07) is 22.1. The van der Waals surface area contributed by atoms with Crippen molar-refractivity contribution in [3.63, 3.8) is 0 Å². The number of benzene rings is 3. The molecular formula is C22H18BrClN2O3. The molecule has 0 radical (unpaired) electrons. The summed E-state index contributed by atoms with van der Waals surface area (Å²) in [4.78, 5) is 11.8. The number of nitrogens with zero attached hydrogens (tertiary/aromatic N) is 1. The van der Waals surface area contributed by atoms with E-state index in [9.17, 15) is 4.79 Å². The van der Waals surface area contributed by atoms with Gasteiger partial charge in [-0.2, -0.15) is 5.10 Å². The summed E-state index contributed by atoms with van der Waals surface area (Å²) in [5.41, 5.74) is 4.30. The summed E-state index contributed by atoms with van der Waals surface area (Å²) in [5.74, 6) is 1.01. The van der Waals surface area contributed by atoms with Gasteiger partial charge in [-0.25, -0.2) is 5.43 Å². The number of halogens is 2. The topological polar surface area (TPSA) is 59.9 Å². The van der Waals surface area contributed by atoms with Gasteiger partial charge in [0.15, 0.2) is 6.61 Å². The van der Waals surface area contributed by atoms with E-state index in [1.54, 1.807) is 18.3 Å². The minimum atomic E-state index is -0.341. The molecule has 0 unspecified atom stereocenters. The lowest BCUT2D eigenvalue weighted by Gasteiger charge is -2.06. The summed E-state index contributed by atoms with van der Waals surface area (Å²) >= 11 is 9.21. The van der Waals surface area contributed by atoms with E-state index < -0.39 is 0 Å².